The van der Waals surface area contributed by atoms with E-state index in [2.05, 4.69) is 16.5 Å². The molecule has 1 spiro atoms. The first kappa shape index (κ1) is 18.1. The zero-order chi connectivity index (χ0) is 19.2. The maximum Gasteiger partial charge on any atom is 0.246 e. The number of amides is 1. The topological polar surface area (TPSA) is 55.3 Å². The second kappa shape index (κ2) is 6.39. The Labute approximate surface area is 161 Å². The molecule has 1 amide bonds. The summed E-state index contributed by atoms with van der Waals surface area (Å²) in [5.41, 5.74) is 0.526. The molecule has 2 heterocycles. The van der Waals surface area contributed by atoms with E-state index < -0.39 is 11.4 Å². The summed E-state index contributed by atoms with van der Waals surface area (Å²) in [6.45, 7) is 6.46. The number of halogens is 2. The van der Waals surface area contributed by atoms with E-state index >= 15 is 0 Å². The van der Waals surface area contributed by atoms with Crippen LogP contribution < -0.4 is 0 Å². The molecule has 2 aromatic rings. The predicted octanol–water partition coefficient (Wildman–Crippen LogP) is 3.73. The molecule has 1 saturated carbocycles. The maximum atomic E-state index is 13.1. The quantitative estimate of drug-likeness (QED) is 0.753. The van der Waals surface area contributed by atoms with Crippen molar-refractivity contribution in [1.82, 2.24) is 14.9 Å². The van der Waals surface area contributed by atoms with Gasteiger partial charge in [0, 0.05) is 10.6 Å². The van der Waals surface area contributed by atoms with Crippen molar-refractivity contribution in [1.29, 1.82) is 0 Å². The van der Waals surface area contributed by atoms with Crippen molar-refractivity contribution in [2.75, 3.05) is 13.2 Å². The minimum Gasteiger partial charge on any atom is -0.370 e. The molecule has 4 rings (SSSR count). The number of ether oxygens (including phenoxy) is 1. The Morgan fingerprint density at radius 1 is 1.33 bits per heavy atom. The lowest BCUT2D eigenvalue weighted by molar-refractivity contribution is -0.157. The summed E-state index contributed by atoms with van der Waals surface area (Å²) in [4.78, 5) is 22.5. The van der Waals surface area contributed by atoms with Crippen molar-refractivity contribution < 1.29 is 13.9 Å². The molecule has 5 nitrogen and oxygen atoms in total. The van der Waals surface area contributed by atoms with Gasteiger partial charge in [-0.2, -0.15) is 0 Å². The van der Waals surface area contributed by atoms with Gasteiger partial charge in [-0.15, -0.1) is 0 Å². The third-order valence-electron chi connectivity index (χ3n) is 5.35. The van der Waals surface area contributed by atoms with Gasteiger partial charge in [-0.05, 0) is 49.6 Å². The Morgan fingerprint density at radius 3 is 2.67 bits per heavy atom. The average Bonchev–Trinajstić information content (AvgIpc) is 3.43. The summed E-state index contributed by atoms with van der Waals surface area (Å²) >= 11 is 6.35. The largest absolute Gasteiger partial charge is 0.370 e. The summed E-state index contributed by atoms with van der Waals surface area (Å²) in [6.07, 6.45) is 5.45. The van der Waals surface area contributed by atoms with Crippen LogP contribution in [0.4, 0.5) is 4.39 Å². The molecule has 27 heavy (non-hydrogen) atoms. The van der Waals surface area contributed by atoms with Crippen LogP contribution >= 0.6 is 11.6 Å². The summed E-state index contributed by atoms with van der Waals surface area (Å²) < 4.78 is 19.3. The first-order valence-electron chi connectivity index (χ1n) is 8.72. The Hall–Kier alpha value is -2.31. The lowest BCUT2D eigenvalue weighted by atomic mass is 9.87. The van der Waals surface area contributed by atoms with Crippen molar-refractivity contribution in [3.63, 3.8) is 0 Å². The molecular formula is C20H19ClFN3O2. The highest BCUT2D eigenvalue weighted by Gasteiger charge is 2.54. The monoisotopic (exact) mass is 387 g/mol. The fraction of sp³-hybridized carbons (Fsp3) is 0.350. The van der Waals surface area contributed by atoms with E-state index in [4.69, 9.17) is 16.3 Å². The fourth-order valence-electron chi connectivity index (χ4n) is 3.48. The fourth-order valence-corrected chi connectivity index (χ4v) is 3.72. The van der Waals surface area contributed by atoms with Gasteiger partial charge in [0.05, 0.1) is 36.7 Å². The van der Waals surface area contributed by atoms with Crippen LogP contribution in [0.5, 0.6) is 0 Å². The molecule has 1 atom stereocenters. The highest BCUT2D eigenvalue weighted by molar-refractivity contribution is 6.31. The summed E-state index contributed by atoms with van der Waals surface area (Å²) in [7, 11) is 0. The molecule has 0 radical (unpaired) electrons. The van der Waals surface area contributed by atoms with Gasteiger partial charge in [-0.25, -0.2) is 14.4 Å². The molecule has 0 N–H and O–H groups in total. The first-order valence-corrected chi connectivity index (χ1v) is 9.10. The van der Waals surface area contributed by atoms with E-state index in [1.807, 2.05) is 19.1 Å². The molecule has 2 fully saturated rings. The smallest absolute Gasteiger partial charge is 0.246 e. The normalized spacial score (nSPS) is 23.3. The van der Waals surface area contributed by atoms with Crippen molar-refractivity contribution in [3.8, 4) is 11.4 Å². The summed E-state index contributed by atoms with van der Waals surface area (Å²) in [6, 6.07) is 5.40. The molecule has 1 unspecified atom stereocenters. The first-order chi connectivity index (χ1) is 12.8. The van der Waals surface area contributed by atoms with Crippen LogP contribution in [0.1, 0.15) is 25.3 Å². The minimum absolute atomic E-state index is 0.147. The number of hydrogen-bond donors (Lipinski definition) is 0. The van der Waals surface area contributed by atoms with Crippen LogP contribution in [0.3, 0.4) is 0 Å². The molecule has 1 saturated heterocycles. The molecule has 1 aromatic carbocycles. The molecule has 7 heteroatoms. The van der Waals surface area contributed by atoms with Crippen LogP contribution in [-0.2, 0) is 15.1 Å². The number of carbonyl (C=O) groups excluding carboxylic acids is 1. The van der Waals surface area contributed by atoms with Gasteiger partial charge in [-0.3, -0.25) is 4.79 Å². The lowest BCUT2D eigenvalue weighted by Gasteiger charge is -2.48. The van der Waals surface area contributed by atoms with Gasteiger partial charge in [0.1, 0.15) is 0 Å². The van der Waals surface area contributed by atoms with Crippen LogP contribution in [-0.4, -0.2) is 39.5 Å². The minimum atomic E-state index is -0.710. The molecule has 1 aliphatic heterocycles. The average molecular weight is 388 g/mol. The number of aromatic nitrogens is 2. The number of hydrogen-bond acceptors (Lipinski definition) is 4. The number of rotatable bonds is 3. The van der Waals surface area contributed by atoms with E-state index in [9.17, 15) is 9.18 Å². The van der Waals surface area contributed by atoms with E-state index in [0.717, 1.165) is 30.8 Å². The zero-order valence-corrected chi connectivity index (χ0v) is 15.7. The van der Waals surface area contributed by atoms with E-state index in [-0.39, 0.29) is 11.5 Å². The molecule has 0 bridgehead atoms. The van der Waals surface area contributed by atoms with Crippen LogP contribution in [0.2, 0.25) is 5.02 Å². The molecular weight excluding hydrogens is 369 g/mol. The molecule has 1 aromatic heterocycles. The van der Waals surface area contributed by atoms with E-state index in [1.54, 1.807) is 11.0 Å². The van der Waals surface area contributed by atoms with Gasteiger partial charge in [-0.1, -0.05) is 18.2 Å². The molecule has 1 aliphatic carbocycles. The Morgan fingerprint density at radius 2 is 2.04 bits per heavy atom. The standard InChI is InChI=1S/C20H19ClFN3O2/c1-3-17(26)25-11-20(4-5-20)27-12-19(25,2)14-6-13(7-15(21)8-14)18-23-9-16(22)10-24-18/h3,6-10H,1,4-5,11-12H2,2H3. The number of morpholine rings is 1. The number of nitrogens with zero attached hydrogens (tertiary/aromatic N) is 3. The predicted molar refractivity (Wildman–Crippen MR) is 99.6 cm³/mol. The van der Waals surface area contributed by atoms with Gasteiger partial charge in [0.2, 0.25) is 5.91 Å². The lowest BCUT2D eigenvalue weighted by Crippen LogP contribution is -2.58. The zero-order valence-electron chi connectivity index (χ0n) is 14.9. The SMILES string of the molecule is C=CC(=O)N1CC2(CC2)OCC1(C)c1cc(Cl)cc(-c2ncc(F)cn2)c1. The van der Waals surface area contributed by atoms with Crippen molar-refractivity contribution in [2.24, 2.45) is 0 Å². The van der Waals surface area contributed by atoms with Crippen molar-refractivity contribution >= 4 is 17.5 Å². The van der Waals surface area contributed by atoms with Crippen LogP contribution in [0.25, 0.3) is 11.4 Å². The molecule has 140 valence electrons. The van der Waals surface area contributed by atoms with Gasteiger partial charge in [0.15, 0.2) is 11.6 Å². The van der Waals surface area contributed by atoms with Crippen LogP contribution in [0.15, 0.2) is 43.2 Å². The third-order valence-corrected chi connectivity index (χ3v) is 5.57. The van der Waals surface area contributed by atoms with Gasteiger partial charge >= 0.3 is 0 Å². The second-order valence-electron chi connectivity index (χ2n) is 7.33. The Bertz CT molecular complexity index is 914. The second-order valence-corrected chi connectivity index (χ2v) is 7.76. The van der Waals surface area contributed by atoms with Crippen molar-refractivity contribution in [3.05, 3.63) is 59.7 Å². The molecule has 2 aliphatic rings. The number of carbonyl (C=O) groups is 1. The summed E-state index contributed by atoms with van der Waals surface area (Å²) in [5, 5.41) is 0.481. The van der Waals surface area contributed by atoms with Gasteiger partial charge in [0.25, 0.3) is 0 Å². The summed E-state index contributed by atoms with van der Waals surface area (Å²) in [5.74, 6) is -0.293. The van der Waals surface area contributed by atoms with E-state index in [1.165, 1.54) is 6.08 Å². The van der Waals surface area contributed by atoms with Gasteiger partial charge < -0.3 is 9.64 Å². The van der Waals surface area contributed by atoms with E-state index in [0.29, 0.717) is 29.6 Å². The highest BCUT2D eigenvalue weighted by Crippen LogP contribution is 2.48. The highest BCUT2D eigenvalue weighted by atomic mass is 35.5. The van der Waals surface area contributed by atoms with Crippen molar-refractivity contribution in [2.45, 2.75) is 30.9 Å². The maximum absolute atomic E-state index is 13.1. The van der Waals surface area contributed by atoms with Crippen LogP contribution in [0, 0.1) is 5.82 Å². The number of benzene rings is 1. The third kappa shape index (κ3) is 3.24. The Kier molecular flexibility index (Phi) is 4.28. The Balaban J connectivity index is 1.77.